The number of rotatable bonds is 8. The molecule has 152 valence electrons. The molecule has 0 spiro atoms. The molecule has 0 bridgehead atoms. The molecule has 0 aliphatic carbocycles. The lowest BCUT2D eigenvalue weighted by Crippen LogP contribution is -2.20. The fourth-order valence-corrected chi connectivity index (χ4v) is 2.99. The molecule has 0 aliphatic heterocycles. The lowest BCUT2D eigenvalue weighted by atomic mass is 10.1. The van der Waals surface area contributed by atoms with E-state index in [4.69, 9.17) is 14.0 Å². The fourth-order valence-electron chi connectivity index (χ4n) is 2.99. The number of para-hydroxylation sites is 1. The number of carbonyl (C=O) groups is 1. The van der Waals surface area contributed by atoms with Crippen molar-refractivity contribution in [1.29, 1.82) is 0 Å². The van der Waals surface area contributed by atoms with Gasteiger partial charge in [0.15, 0.2) is 28.7 Å². The van der Waals surface area contributed by atoms with Gasteiger partial charge < -0.3 is 24.0 Å². The molecule has 1 N–H and O–H groups in total. The molecular formula is C21H21FN2O5. The predicted molar refractivity (Wildman–Crippen MR) is 105 cm³/mol. The Labute approximate surface area is 167 Å². The van der Waals surface area contributed by atoms with E-state index in [-0.39, 0.29) is 22.9 Å². The van der Waals surface area contributed by atoms with Crippen LogP contribution in [0.15, 0.2) is 47.0 Å². The summed E-state index contributed by atoms with van der Waals surface area (Å²) in [5, 5.41) is 13.7. The Hall–Kier alpha value is -3.55. The second-order valence-corrected chi connectivity index (χ2v) is 6.26. The number of carboxylic acid groups (broad SMARTS) is 1. The number of nitrogens with zero attached hydrogens (tertiary/aromatic N) is 2. The van der Waals surface area contributed by atoms with Crippen LogP contribution in [0.25, 0.3) is 11.3 Å². The first kappa shape index (κ1) is 20.2. The highest BCUT2D eigenvalue weighted by atomic mass is 19.1. The van der Waals surface area contributed by atoms with E-state index in [0.29, 0.717) is 24.5 Å². The SMILES string of the molecule is CCOc1ccccc1CN(C)c1noc(-c2ccc(F)c(OC)c2)c1C(=O)O. The Morgan fingerprint density at radius 3 is 2.69 bits per heavy atom. The third-order valence-electron chi connectivity index (χ3n) is 4.34. The van der Waals surface area contributed by atoms with Crippen molar-refractivity contribution in [2.24, 2.45) is 0 Å². The molecule has 0 fully saturated rings. The van der Waals surface area contributed by atoms with Crippen LogP contribution in [0, 0.1) is 5.82 Å². The van der Waals surface area contributed by atoms with E-state index in [1.54, 1.807) is 11.9 Å². The molecule has 2 aromatic carbocycles. The minimum Gasteiger partial charge on any atom is -0.494 e. The Morgan fingerprint density at radius 2 is 2.00 bits per heavy atom. The second-order valence-electron chi connectivity index (χ2n) is 6.26. The third kappa shape index (κ3) is 4.16. The molecule has 0 saturated heterocycles. The molecule has 1 aromatic heterocycles. The van der Waals surface area contributed by atoms with Crippen molar-refractivity contribution in [1.82, 2.24) is 5.16 Å². The monoisotopic (exact) mass is 400 g/mol. The first-order valence-electron chi connectivity index (χ1n) is 8.95. The number of hydrogen-bond donors (Lipinski definition) is 1. The number of methoxy groups -OCH3 is 1. The Morgan fingerprint density at radius 1 is 1.24 bits per heavy atom. The summed E-state index contributed by atoms with van der Waals surface area (Å²) in [6.07, 6.45) is 0. The van der Waals surface area contributed by atoms with Gasteiger partial charge in [0.05, 0.1) is 13.7 Å². The van der Waals surface area contributed by atoms with Gasteiger partial charge in [-0.25, -0.2) is 9.18 Å². The smallest absolute Gasteiger partial charge is 0.343 e. The van der Waals surface area contributed by atoms with Crippen molar-refractivity contribution in [2.75, 3.05) is 25.7 Å². The van der Waals surface area contributed by atoms with E-state index >= 15 is 0 Å². The molecule has 3 aromatic rings. The maximum absolute atomic E-state index is 13.7. The van der Waals surface area contributed by atoms with Crippen molar-refractivity contribution < 1.29 is 28.3 Å². The van der Waals surface area contributed by atoms with Crippen LogP contribution in [-0.2, 0) is 6.54 Å². The van der Waals surface area contributed by atoms with Crippen LogP contribution in [0.1, 0.15) is 22.8 Å². The van der Waals surface area contributed by atoms with E-state index in [9.17, 15) is 14.3 Å². The average molecular weight is 400 g/mol. The van der Waals surface area contributed by atoms with Gasteiger partial charge in [-0.1, -0.05) is 23.4 Å². The molecule has 8 heteroatoms. The Bertz CT molecular complexity index is 1020. The number of carboxylic acids is 1. The van der Waals surface area contributed by atoms with Crippen LogP contribution in [0.4, 0.5) is 10.2 Å². The molecule has 0 saturated carbocycles. The van der Waals surface area contributed by atoms with E-state index in [1.165, 1.54) is 25.3 Å². The lowest BCUT2D eigenvalue weighted by molar-refractivity contribution is 0.0698. The van der Waals surface area contributed by atoms with Crippen LogP contribution in [-0.4, -0.2) is 37.0 Å². The number of aromatic nitrogens is 1. The van der Waals surface area contributed by atoms with Gasteiger partial charge >= 0.3 is 5.97 Å². The van der Waals surface area contributed by atoms with Gasteiger partial charge in [-0.05, 0) is 31.2 Å². The van der Waals surface area contributed by atoms with Gasteiger partial charge in [0, 0.05) is 24.7 Å². The standard InChI is InChI=1S/C21H21FN2O5/c1-4-28-16-8-6-5-7-14(16)12-24(2)20-18(21(25)26)19(29-23-20)13-9-10-15(22)17(11-13)27-3/h5-11H,4,12H2,1-3H3,(H,25,26). The Balaban J connectivity index is 1.98. The van der Waals surface area contributed by atoms with Gasteiger partial charge in [-0.2, -0.15) is 0 Å². The zero-order valence-corrected chi connectivity index (χ0v) is 16.3. The van der Waals surface area contributed by atoms with Crippen molar-refractivity contribution >= 4 is 11.8 Å². The summed E-state index contributed by atoms with van der Waals surface area (Å²) in [7, 11) is 3.04. The molecule has 0 atom stereocenters. The van der Waals surface area contributed by atoms with Gasteiger partial charge in [0.2, 0.25) is 0 Å². The van der Waals surface area contributed by atoms with Crippen molar-refractivity contribution in [3.05, 3.63) is 59.4 Å². The molecule has 29 heavy (non-hydrogen) atoms. The summed E-state index contributed by atoms with van der Waals surface area (Å²) < 4.78 is 29.6. The average Bonchev–Trinajstić information content (AvgIpc) is 3.15. The van der Waals surface area contributed by atoms with Gasteiger partial charge in [0.25, 0.3) is 0 Å². The maximum Gasteiger partial charge on any atom is 0.343 e. The number of hydrogen-bond acceptors (Lipinski definition) is 6. The summed E-state index contributed by atoms with van der Waals surface area (Å²) in [6, 6.07) is 11.5. The lowest BCUT2D eigenvalue weighted by Gasteiger charge is -2.18. The summed E-state index contributed by atoms with van der Waals surface area (Å²) in [5.41, 5.74) is 1.11. The molecule has 0 aliphatic rings. The number of halogens is 1. The van der Waals surface area contributed by atoms with Crippen LogP contribution in [0.2, 0.25) is 0 Å². The highest BCUT2D eigenvalue weighted by molar-refractivity contribution is 5.99. The van der Waals surface area contributed by atoms with Gasteiger partial charge in [-0.3, -0.25) is 0 Å². The largest absolute Gasteiger partial charge is 0.494 e. The minimum absolute atomic E-state index is 0.0178. The molecule has 1 heterocycles. The fraction of sp³-hybridized carbons (Fsp3) is 0.238. The normalized spacial score (nSPS) is 10.6. The van der Waals surface area contributed by atoms with Gasteiger partial charge in [0.1, 0.15) is 5.75 Å². The van der Waals surface area contributed by atoms with E-state index in [0.717, 1.165) is 5.56 Å². The van der Waals surface area contributed by atoms with Crippen LogP contribution in [0.5, 0.6) is 11.5 Å². The summed E-state index contributed by atoms with van der Waals surface area (Å²) >= 11 is 0. The highest BCUT2D eigenvalue weighted by Gasteiger charge is 2.27. The van der Waals surface area contributed by atoms with Crippen molar-refractivity contribution in [3.8, 4) is 22.8 Å². The topological polar surface area (TPSA) is 85.0 Å². The van der Waals surface area contributed by atoms with E-state index < -0.39 is 11.8 Å². The van der Waals surface area contributed by atoms with Crippen LogP contribution in [0.3, 0.4) is 0 Å². The quantitative estimate of drug-likeness (QED) is 0.606. The molecular weight excluding hydrogens is 379 g/mol. The molecule has 3 rings (SSSR count). The zero-order valence-electron chi connectivity index (χ0n) is 16.3. The van der Waals surface area contributed by atoms with Crippen LogP contribution < -0.4 is 14.4 Å². The molecule has 0 amide bonds. The van der Waals surface area contributed by atoms with Crippen molar-refractivity contribution in [3.63, 3.8) is 0 Å². The molecule has 7 nitrogen and oxygen atoms in total. The number of anilines is 1. The number of benzene rings is 2. The highest BCUT2D eigenvalue weighted by Crippen LogP contribution is 2.34. The number of aromatic carboxylic acids is 1. The van der Waals surface area contributed by atoms with Gasteiger partial charge in [-0.15, -0.1) is 0 Å². The summed E-state index contributed by atoms with van der Waals surface area (Å²) in [4.78, 5) is 13.6. The number of ether oxygens (including phenoxy) is 2. The van der Waals surface area contributed by atoms with E-state index in [2.05, 4.69) is 5.16 Å². The van der Waals surface area contributed by atoms with Crippen LogP contribution >= 0.6 is 0 Å². The minimum atomic E-state index is -1.20. The molecule has 0 unspecified atom stereocenters. The van der Waals surface area contributed by atoms with E-state index in [1.807, 2.05) is 31.2 Å². The third-order valence-corrected chi connectivity index (χ3v) is 4.34. The maximum atomic E-state index is 13.7. The summed E-state index contributed by atoms with van der Waals surface area (Å²) in [6.45, 7) is 2.76. The first-order valence-corrected chi connectivity index (χ1v) is 8.95. The predicted octanol–water partition coefficient (Wildman–Crippen LogP) is 4.22. The molecule has 0 radical (unpaired) electrons. The van der Waals surface area contributed by atoms with Crippen molar-refractivity contribution in [2.45, 2.75) is 13.5 Å². The summed E-state index contributed by atoms with van der Waals surface area (Å²) in [5.74, 6) is -0.888. The Kier molecular flexibility index (Phi) is 6.01. The first-order chi connectivity index (χ1) is 14.0. The second kappa shape index (κ2) is 8.64. The zero-order chi connectivity index (χ0) is 21.0.